The van der Waals surface area contributed by atoms with Crippen LogP contribution in [0.25, 0.3) is 0 Å². The lowest BCUT2D eigenvalue weighted by atomic mass is 10.0. The maximum Gasteiger partial charge on any atom is 0.150 e. The molecule has 6 heteroatoms. The van der Waals surface area contributed by atoms with Crippen molar-refractivity contribution in [3.63, 3.8) is 0 Å². The molecule has 1 unspecified atom stereocenters. The average molecular weight is 322 g/mol. The molecule has 0 heterocycles. The molecule has 0 amide bonds. The molecule has 0 aliphatic rings. The number of hydrogen-bond donors (Lipinski definition) is 1. The highest BCUT2D eigenvalue weighted by molar-refractivity contribution is 7.91. The van der Waals surface area contributed by atoms with Crippen LogP contribution in [0, 0.1) is 5.82 Å². The van der Waals surface area contributed by atoms with Gasteiger partial charge in [-0.25, -0.2) is 12.8 Å². The predicted octanol–water partition coefficient (Wildman–Crippen LogP) is 3.34. The largest absolute Gasteiger partial charge is 0.310 e. The quantitative estimate of drug-likeness (QED) is 0.798. The average Bonchev–Trinajstić information content (AvgIpc) is 2.41. The highest BCUT2D eigenvalue weighted by Gasteiger charge is 2.17. The summed E-state index contributed by atoms with van der Waals surface area (Å²) in [5, 5.41) is 3.33. The maximum atomic E-state index is 13.5. The van der Waals surface area contributed by atoms with E-state index in [-0.39, 0.29) is 22.6 Å². The second-order valence-corrected chi connectivity index (χ2v) is 7.48. The van der Waals surface area contributed by atoms with Crippen LogP contribution in [0.15, 0.2) is 18.2 Å². The number of benzene rings is 1. The SMILES string of the molecule is CCNC(CCCS(=O)(=O)CC)c1cccc(F)c1Cl. The molecule has 0 saturated heterocycles. The molecule has 1 aromatic rings. The molecule has 0 aromatic heterocycles. The van der Waals surface area contributed by atoms with Crippen LogP contribution in [0.2, 0.25) is 5.02 Å². The van der Waals surface area contributed by atoms with Gasteiger partial charge < -0.3 is 5.32 Å². The fourth-order valence-electron chi connectivity index (χ4n) is 2.06. The first-order valence-electron chi connectivity index (χ1n) is 6.79. The molecule has 0 aliphatic carbocycles. The molecule has 1 N–H and O–H groups in total. The van der Waals surface area contributed by atoms with E-state index < -0.39 is 15.7 Å². The molecule has 3 nitrogen and oxygen atoms in total. The van der Waals surface area contributed by atoms with Crippen LogP contribution in [-0.2, 0) is 9.84 Å². The molecule has 114 valence electrons. The van der Waals surface area contributed by atoms with E-state index in [1.807, 2.05) is 6.92 Å². The van der Waals surface area contributed by atoms with E-state index in [1.165, 1.54) is 6.07 Å². The van der Waals surface area contributed by atoms with Crippen molar-refractivity contribution in [3.8, 4) is 0 Å². The van der Waals surface area contributed by atoms with Gasteiger partial charge in [0.25, 0.3) is 0 Å². The number of sulfone groups is 1. The fraction of sp³-hybridized carbons (Fsp3) is 0.571. The van der Waals surface area contributed by atoms with Crippen molar-refractivity contribution in [2.45, 2.75) is 32.7 Å². The van der Waals surface area contributed by atoms with Crippen LogP contribution in [0.4, 0.5) is 4.39 Å². The number of halogens is 2. The van der Waals surface area contributed by atoms with Gasteiger partial charge in [0.05, 0.1) is 10.8 Å². The van der Waals surface area contributed by atoms with Gasteiger partial charge in [-0.05, 0) is 31.0 Å². The normalized spacial score (nSPS) is 13.4. The van der Waals surface area contributed by atoms with E-state index in [9.17, 15) is 12.8 Å². The molecule has 0 spiro atoms. The van der Waals surface area contributed by atoms with Gasteiger partial charge >= 0.3 is 0 Å². The summed E-state index contributed by atoms with van der Waals surface area (Å²) in [6.45, 7) is 4.29. The van der Waals surface area contributed by atoms with Crippen LogP contribution < -0.4 is 5.32 Å². The minimum Gasteiger partial charge on any atom is -0.310 e. The monoisotopic (exact) mass is 321 g/mol. The molecule has 1 rings (SSSR count). The van der Waals surface area contributed by atoms with Gasteiger partial charge in [-0.15, -0.1) is 0 Å². The van der Waals surface area contributed by atoms with Gasteiger partial charge in [-0.2, -0.15) is 0 Å². The number of nitrogens with one attached hydrogen (secondary N) is 1. The Hall–Kier alpha value is -0.650. The van der Waals surface area contributed by atoms with Crippen LogP contribution >= 0.6 is 11.6 Å². The van der Waals surface area contributed by atoms with Crippen LogP contribution in [0.3, 0.4) is 0 Å². The summed E-state index contributed by atoms with van der Waals surface area (Å²) >= 11 is 5.99. The van der Waals surface area contributed by atoms with Crippen molar-refractivity contribution >= 4 is 21.4 Å². The lowest BCUT2D eigenvalue weighted by molar-refractivity contribution is 0.503. The van der Waals surface area contributed by atoms with Crippen LogP contribution in [0.5, 0.6) is 0 Å². The Morgan fingerprint density at radius 2 is 2.05 bits per heavy atom. The Morgan fingerprint density at radius 1 is 1.35 bits per heavy atom. The second kappa shape index (κ2) is 7.96. The first-order valence-corrected chi connectivity index (χ1v) is 8.99. The summed E-state index contributed by atoms with van der Waals surface area (Å²) in [5.74, 6) is -0.147. The number of rotatable bonds is 8. The van der Waals surface area contributed by atoms with E-state index in [4.69, 9.17) is 11.6 Å². The van der Waals surface area contributed by atoms with Gasteiger partial charge in [0, 0.05) is 11.8 Å². The van der Waals surface area contributed by atoms with Crippen molar-refractivity contribution in [1.29, 1.82) is 0 Å². The van der Waals surface area contributed by atoms with Gasteiger partial charge in [0.1, 0.15) is 15.7 Å². The topological polar surface area (TPSA) is 46.2 Å². The highest BCUT2D eigenvalue weighted by Crippen LogP contribution is 2.28. The zero-order valence-corrected chi connectivity index (χ0v) is 13.4. The molecule has 0 saturated carbocycles. The van der Waals surface area contributed by atoms with E-state index in [0.717, 1.165) is 0 Å². The molecule has 0 aliphatic heterocycles. The van der Waals surface area contributed by atoms with E-state index in [1.54, 1.807) is 19.1 Å². The predicted molar refractivity (Wildman–Crippen MR) is 81.4 cm³/mol. The summed E-state index contributed by atoms with van der Waals surface area (Å²) in [7, 11) is -2.97. The zero-order chi connectivity index (χ0) is 15.2. The molecule has 0 bridgehead atoms. The van der Waals surface area contributed by atoms with Crippen molar-refractivity contribution in [2.75, 3.05) is 18.1 Å². The molecule has 0 radical (unpaired) electrons. The molecule has 1 aromatic carbocycles. The lowest BCUT2D eigenvalue weighted by Gasteiger charge is -2.19. The Balaban J connectivity index is 2.77. The van der Waals surface area contributed by atoms with Gasteiger partial charge in [-0.3, -0.25) is 0 Å². The minimum absolute atomic E-state index is 0.108. The molecule has 1 atom stereocenters. The van der Waals surface area contributed by atoms with E-state index in [2.05, 4.69) is 5.32 Å². The fourth-order valence-corrected chi connectivity index (χ4v) is 3.21. The Kier molecular flexibility index (Phi) is 6.92. The Morgan fingerprint density at radius 3 is 2.65 bits per heavy atom. The summed E-state index contributed by atoms with van der Waals surface area (Å²) in [4.78, 5) is 0. The smallest absolute Gasteiger partial charge is 0.150 e. The zero-order valence-electron chi connectivity index (χ0n) is 11.8. The van der Waals surface area contributed by atoms with Gasteiger partial charge in [-0.1, -0.05) is 37.6 Å². The Bertz CT molecular complexity index is 534. The molecular formula is C14H21ClFNO2S. The molecule has 0 fully saturated rings. The van der Waals surface area contributed by atoms with Gasteiger partial charge in [0.2, 0.25) is 0 Å². The van der Waals surface area contributed by atoms with Gasteiger partial charge in [0.15, 0.2) is 0 Å². The van der Waals surface area contributed by atoms with Crippen LogP contribution in [0.1, 0.15) is 38.3 Å². The lowest BCUT2D eigenvalue weighted by Crippen LogP contribution is -2.22. The molecule has 20 heavy (non-hydrogen) atoms. The van der Waals surface area contributed by atoms with Crippen molar-refractivity contribution in [3.05, 3.63) is 34.6 Å². The maximum absolute atomic E-state index is 13.5. The third-order valence-corrected chi connectivity index (χ3v) is 5.38. The van der Waals surface area contributed by atoms with Crippen molar-refractivity contribution in [2.24, 2.45) is 0 Å². The summed E-state index contributed by atoms with van der Waals surface area (Å²) < 4.78 is 36.5. The second-order valence-electron chi connectivity index (χ2n) is 4.63. The summed E-state index contributed by atoms with van der Waals surface area (Å²) in [5.41, 5.74) is 0.683. The molecular weight excluding hydrogens is 301 g/mol. The third kappa shape index (κ3) is 5.04. The van der Waals surface area contributed by atoms with Crippen molar-refractivity contribution < 1.29 is 12.8 Å². The van der Waals surface area contributed by atoms with E-state index in [0.29, 0.717) is 24.9 Å². The highest BCUT2D eigenvalue weighted by atomic mass is 35.5. The first kappa shape index (κ1) is 17.4. The van der Waals surface area contributed by atoms with Crippen LogP contribution in [-0.4, -0.2) is 26.5 Å². The first-order chi connectivity index (χ1) is 9.41. The standard InChI is InChI=1S/C14H21ClFNO2S/c1-3-17-13(9-6-10-20(18,19)4-2)11-7-5-8-12(16)14(11)15/h5,7-8,13,17H,3-4,6,9-10H2,1-2H3. The third-order valence-electron chi connectivity index (χ3n) is 3.20. The van der Waals surface area contributed by atoms with E-state index >= 15 is 0 Å². The summed E-state index contributed by atoms with van der Waals surface area (Å²) in [6.07, 6.45) is 1.14. The minimum atomic E-state index is -2.97. The Labute approximate surface area is 125 Å². The summed E-state index contributed by atoms with van der Waals surface area (Å²) in [6, 6.07) is 4.57. The number of hydrogen-bond acceptors (Lipinski definition) is 3. The van der Waals surface area contributed by atoms with Crippen molar-refractivity contribution in [1.82, 2.24) is 5.32 Å².